The Balaban J connectivity index is 2.52. The molecule has 1 amide bonds. The number of rotatable bonds is 5. The van der Waals surface area contributed by atoms with Crippen molar-refractivity contribution in [2.24, 2.45) is 5.73 Å². The summed E-state index contributed by atoms with van der Waals surface area (Å²) in [6, 6.07) is 1.02. The van der Waals surface area contributed by atoms with Crippen LogP contribution < -0.4 is 15.2 Å². The van der Waals surface area contributed by atoms with Crippen molar-refractivity contribution in [3.05, 3.63) is 17.9 Å². The zero-order valence-electron chi connectivity index (χ0n) is 12.9. The largest absolute Gasteiger partial charge is 0.493 e. The Morgan fingerprint density at radius 3 is 2.43 bits per heavy atom. The smallest absolute Gasteiger partial charge is 0.246 e. The van der Waals surface area contributed by atoms with Gasteiger partial charge in [0.15, 0.2) is 11.5 Å². The molecule has 0 unspecified atom stereocenters. The maximum atomic E-state index is 14.3. The van der Waals surface area contributed by atoms with Crippen molar-refractivity contribution in [3.8, 4) is 11.5 Å². The molecule has 0 spiro atoms. The van der Waals surface area contributed by atoms with Crippen molar-refractivity contribution in [3.63, 3.8) is 0 Å². The summed E-state index contributed by atoms with van der Waals surface area (Å²) in [5, 5.41) is 0. The number of ether oxygens (including phenoxy) is 2. The maximum absolute atomic E-state index is 14.3. The lowest BCUT2D eigenvalue weighted by atomic mass is 10.0. The molecule has 0 radical (unpaired) electrons. The van der Waals surface area contributed by atoms with Gasteiger partial charge in [-0.25, -0.2) is 12.8 Å². The highest BCUT2D eigenvalue weighted by atomic mass is 32.2. The van der Waals surface area contributed by atoms with Gasteiger partial charge in [-0.1, -0.05) is 6.42 Å². The second-order valence-corrected chi connectivity index (χ2v) is 7.03. The molecule has 0 aromatic heterocycles. The van der Waals surface area contributed by atoms with Crippen LogP contribution in [-0.2, 0) is 14.8 Å². The van der Waals surface area contributed by atoms with Gasteiger partial charge in [-0.15, -0.1) is 0 Å². The van der Waals surface area contributed by atoms with Gasteiger partial charge in [0.05, 0.1) is 14.2 Å². The lowest BCUT2D eigenvalue weighted by Gasteiger charge is -2.32. The minimum Gasteiger partial charge on any atom is -0.493 e. The summed E-state index contributed by atoms with van der Waals surface area (Å²) in [7, 11) is -1.59. The van der Waals surface area contributed by atoms with E-state index in [-0.39, 0.29) is 18.0 Å². The summed E-state index contributed by atoms with van der Waals surface area (Å²) in [4.78, 5) is 11.0. The normalized spacial score (nSPS) is 19.3. The molecule has 1 fully saturated rings. The lowest BCUT2D eigenvalue weighted by Crippen LogP contribution is -2.50. The molecule has 1 atom stereocenters. The molecule has 128 valence electrons. The summed E-state index contributed by atoms with van der Waals surface area (Å²) < 4.78 is 50.7. The van der Waals surface area contributed by atoms with Crippen molar-refractivity contribution in [1.82, 2.24) is 4.31 Å². The van der Waals surface area contributed by atoms with Crippen LogP contribution in [-0.4, -0.2) is 45.4 Å². The topological polar surface area (TPSA) is 98.9 Å². The third kappa shape index (κ3) is 3.25. The Bertz CT molecular complexity index is 707. The molecule has 9 heteroatoms. The predicted octanol–water partition coefficient (Wildman–Crippen LogP) is 0.871. The molecular weight excluding hydrogens is 327 g/mol. The Labute approximate surface area is 134 Å². The highest BCUT2D eigenvalue weighted by molar-refractivity contribution is 7.89. The molecule has 2 rings (SSSR count). The van der Waals surface area contributed by atoms with Gasteiger partial charge in [0, 0.05) is 18.7 Å². The van der Waals surface area contributed by atoms with E-state index in [2.05, 4.69) is 0 Å². The summed E-state index contributed by atoms with van der Waals surface area (Å²) in [5.41, 5.74) is 5.29. The predicted molar refractivity (Wildman–Crippen MR) is 80.2 cm³/mol. The van der Waals surface area contributed by atoms with Gasteiger partial charge < -0.3 is 15.2 Å². The van der Waals surface area contributed by atoms with E-state index in [0.29, 0.717) is 19.3 Å². The number of carbonyl (C=O) groups excluding carboxylic acids is 1. The van der Waals surface area contributed by atoms with E-state index >= 15 is 0 Å². The average molecular weight is 346 g/mol. The van der Waals surface area contributed by atoms with Crippen molar-refractivity contribution < 1.29 is 27.1 Å². The molecule has 1 heterocycles. The third-order valence-corrected chi connectivity index (χ3v) is 5.73. The number of carbonyl (C=O) groups is 1. The summed E-state index contributed by atoms with van der Waals surface area (Å²) in [6.45, 7) is 0.115. The van der Waals surface area contributed by atoms with Gasteiger partial charge in [0.25, 0.3) is 0 Å². The van der Waals surface area contributed by atoms with Crippen LogP contribution in [0.2, 0.25) is 0 Å². The van der Waals surface area contributed by atoms with Crippen molar-refractivity contribution in [1.29, 1.82) is 0 Å². The van der Waals surface area contributed by atoms with Crippen LogP contribution in [0.1, 0.15) is 19.3 Å². The van der Waals surface area contributed by atoms with Crippen LogP contribution in [0.4, 0.5) is 4.39 Å². The fraction of sp³-hybridized carbons (Fsp3) is 0.500. The molecule has 23 heavy (non-hydrogen) atoms. The van der Waals surface area contributed by atoms with E-state index in [1.54, 1.807) is 0 Å². The fourth-order valence-corrected chi connectivity index (χ4v) is 4.36. The number of methoxy groups -OCH3 is 2. The van der Waals surface area contributed by atoms with Gasteiger partial charge in [0.1, 0.15) is 16.8 Å². The quantitative estimate of drug-likeness (QED) is 0.853. The number of hydrogen-bond acceptors (Lipinski definition) is 5. The first-order valence-electron chi connectivity index (χ1n) is 7.05. The van der Waals surface area contributed by atoms with E-state index in [9.17, 15) is 17.6 Å². The van der Waals surface area contributed by atoms with Crippen LogP contribution in [0.5, 0.6) is 11.5 Å². The summed E-state index contributed by atoms with van der Waals surface area (Å²) in [6.07, 6.45) is 1.59. The molecule has 1 aliphatic rings. The van der Waals surface area contributed by atoms with Crippen LogP contribution in [0.15, 0.2) is 17.0 Å². The van der Waals surface area contributed by atoms with Crippen molar-refractivity contribution in [2.45, 2.75) is 30.2 Å². The van der Waals surface area contributed by atoms with E-state index in [1.165, 1.54) is 14.2 Å². The number of sulfonamides is 1. The first-order valence-corrected chi connectivity index (χ1v) is 8.49. The van der Waals surface area contributed by atoms with E-state index < -0.39 is 32.7 Å². The van der Waals surface area contributed by atoms with Crippen molar-refractivity contribution >= 4 is 15.9 Å². The van der Waals surface area contributed by atoms with E-state index in [0.717, 1.165) is 16.4 Å². The average Bonchev–Trinajstić information content (AvgIpc) is 2.54. The Morgan fingerprint density at radius 1 is 1.26 bits per heavy atom. The lowest BCUT2D eigenvalue weighted by molar-refractivity contribution is -0.122. The SMILES string of the molecule is COc1cc(F)c(S(=O)(=O)N2CCCC[C@H]2C(N)=O)cc1OC. The second-order valence-electron chi connectivity index (χ2n) is 5.17. The Hall–Kier alpha value is -1.87. The Kier molecular flexibility index (Phi) is 5.10. The monoisotopic (exact) mass is 346 g/mol. The number of hydrogen-bond donors (Lipinski definition) is 1. The van der Waals surface area contributed by atoms with Gasteiger partial charge in [-0.3, -0.25) is 4.79 Å². The van der Waals surface area contributed by atoms with Crippen LogP contribution >= 0.6 is 0 Å². The summed E-state index contributed by atoms with van der Waals surface area (Å²) >= 11 is 0. The third-order valence-electron chi connectivity index (χ3n) is 3.81. The molecule has 7 nitrogen and oxygen atoms in total. The first-order chi connectivity index (χ1) is 10.8. The fourth-order valence-electron chi connectivity index (χ4n) is 2.64. The zero-order valence-corrected chi connectivity index (χ0v) is 13.7. The van der Waals surface area contributed by atoms with Crippen molar-refractivity contribution in [2.75, 3.05) is 20.8 Å². The van der Waals surface area contributed by atoms with Gasteiger partial charge in [-0.2, -0.15) is 4.31 Å². The molecule has 0 saturated carbocycles. The number of benzene rings is 1. The van der Waals surface area contributed by atoms with Gasteiger partial charge in [-0.05, 0) is 12.8 Å². The molecule has 0 bridgehead atoms. The number of nitrogens with zero attached hydrogens (tertiary/aromatic N) is 1. The van der Waals surface area contributed by atoms with Gasteiger partial charge in [0.2, 0.25) is 15.9 Å². The van der Waals surface area contributed by atoms with Crippen LogP contribution in [0.3, 0.4) is 0 Å². The van der Waals surface area contributed by atoms with Gasteiger partial charge >= 0.3 is 0 Å². The number of nitrogens with two attached hydrogens (primary N) is 1. The molecule has 1 aromatic carbocycles. The number of primary amides is 1. The number of piperidine rings is 1. The molecule has 0 aliphatic carbocycles. The zero-order chi connectivity index (χ0) is 17.2. The molecule has 1 aliphatic heterocycles. The minimum absolute atomic E-state index is 0.0778. The highest BCUT2D eigenvalue weighted by Gasteiger charge is 2.38. The van der Waals surface area contributed by atoms with Crippen LogP contribution in [0, 0.1) is 5.82 Å². The van der Waals surface area contributed by atoms with E-state index in [4.69, 9.17) is 15.2 Å². The maximum Gasteiger partial charge on any atom is 0.246 e. The minimum atomic E-state index is -4.22. The summed E-state index contributed by atoms with van der Waals surface area (Å²) in [5.74, 6) is -1.56. The second kappa shape index (κ2) is 6.71. The number of amides is 1. The van der Waals surface area contributed by atoms with Crippen LogP contribution in [0.25, 0.3) is 0 Å². The molecular formula is C14H19FN2O5S. The highest BCUT2D eigenvalue weighted by Crippen LogP contribution is 2.34. The molecule has 2 N–H and O–H groups in total. The standard InChI is InChI=1S/C14H19FN2O5S/c1-21-11-7-9(15)13(8-12(11)22-2)23(19,20)17-6-4-3-5-10(17)14(16)18/h7-8,10H,3-6H2,1-2H3,(H2,16,18)/t10-/m0/s1. The number of halogens is 1. The molecule has 1 saturated heterocycles. The Morgan fingerprint density at radius 2 is 1.87 bits per heavy atom. The van der Waals surface area contributed by atoms with E-state index in [1.807, 2.05) is 0 Å². The first kappa shape index (κ1) is 17.5. The molecule has 1 aromatic rings.